The Bertz CT molecular complexity index is 3490. The average molecular weight is 743 g/mol. The third kappa shape index (κ3) is 5.03. The molecule has 0 radical (unpaired) electrons. The van der Waals surface area contributed by atoms with Gasteiger partial charge in [-0.15, -0.1) is 11.3 Å². The molecule has 3 heterocycles. The fourth-order valence-corrected chi connectivity index (χ4v) is 10.2. The highest BCUT2D eigenvalue weighted by atomic mass is 32.1. The van der Waals surface area contributed by atoms with E-state index in [0.29, 0.717) is 0 Å². The second-order valence-corrected chi connectivity index (χ2v) is 16.0. The lowest BCUT2D eigenvalue weighted by molar-refractivity contribution is 1.18. The van der Waals surface area contributed by atoms with E-state index in [1.807, 2.05) is 11.3 Å². The molecule has 266 valence electrons. The molecule has 12 aromatic rings. The van der Waals surface area contributed by atoms with Gasteiger partial charge in [-0.3, -0.25) is 0 Å². The highest BCUT2D eigenvalue weighted by molar-refractivity contribution is 7.25. The standard InChI is InChI=1S/C54H34N2S/c1-3-12-35(13-4-1)36-22-27-41(28-23-36)56-48-19-9-7-16-43(48)45-32-37(24-29-49(45)56)38-25-30-50-46(33-38)47-34-39(26-31-51(47)55(50)40-14-5-2-6-15-40)42-18-11-21-53-54(42)44-17-8-10-20-52(44)57-53/h1-34H. The van der Waals surface area contributed by atoms with Crippen LogP contribution < -0.4 is 0 Å². The summed E-state index contributed by atoms with van der Waals surface area (Å²) in [5, 5.41) is 7.66. The molecule has 9 aromatic carbocycles. The number of hydrogen-bond donors (Lipinski definition) is 0. The number of rotatable bonds is 5. The molecular weight excluding hydrogens is 709 g/mol. The molecule has 0 N–H and O–H groups in total. The summed E-state index contributed by atoms with van der Waals surface area (Å²) in [6.45, 7) is 0. The van der Waals surface area contributed by atoms with Crippen LogP contribution in [0.1, 0.15) is 0 Å². The van der Waals surface area contributed by atoms with Gasteiger partial charge in [-0.05, 0) is 112 Å². The third-order valence-electron chi connectivity index (χ3n) is 11.7. The lowest BCUT2D eigenvalue weighted by Gasteiger charge is -2.10. The first-order valence-electron chi connectivity index (χ1n) is 19.5. The van der Waals surface area contributed by atoms with Crippen molar-refractivity contribution in [2.45, 2.75) is 0 Å². The minimum atomic E-state index is 1.16. The molecule has 0 aliphatic rings. The van der Waals surface area contributed by atoms with Crippen LogP contribution in [0, 0.1) is 0 Å². The van der Waals surface area contributed by atoms with Crippen LogP contribution in [0.5, 0.6) is 0 Å². The van der Waals surface area contributed by atoms with E-state index in [9.17, 15) is 0 Å². The molecule has 0 aliphatic heterocycles. The van der Waals surface area contributed by atoms with E-state index in [2.05, 4.69) is 215 Å². The molecule has 3 heteroatoms. The van der Waals surface area contributed by atoms with Gasteiger partial charge in [0.25, 0.3) is 0 Å². The van der Waals surface area contributed by atoms with E-state index in [-0.39, 0.29) is 0 Å². The summed E-state index contributed by atoms with van der Waals surface area (Å²) in [6, 6.07) is 75.7. The van der Waals surface area contributed by atoms with Crippen LogP contribution in [0.3, 0.4) is 0 Å². The van der Waals surface area contributed by atoms with Gasteiger partial charge in [-0.25, -0.2) is 0 Å². The summed E-state index contributed by atoms with van der Waals surface area (Å²) >= 11 is 1.87. The van der Waals surface area contributed by atoms with E-state index in [1.54, 1.807) is 0 Å². The van der Waals surface area contributed by atoms with Gasteiger partial charge >= 0.3 is 0 Å². The zero-order valence-corrected chi connectivity index (χ0v) is 31.7. The monoisotopic (exact) mass is 742 g/mol. The Morgan fingerprint density at radius 2 is 0.754 bits per heavy atom. The number of benzene rings is 9. The van der Waals surface area contributed by atoms with Crippen LogP contribution in [-0.2, 0) is 0 Å². The van der Waals surface area contributed by atoms with Crippen molar-refractivity contribution >= 4 is 75.1 Å². The van der Waals surface area contributed by atoms with Crippen LogP contribution >= 0.6 is 11.3 Å². The molecule has 12 rings (SSSR count). The van der Waals surface area contributed by atoms with Crippen LogP contribution in [0.2, 0.25) is 0 Å². The second-order valence-electron chi connectivity index (χ2n) is 14.9. The first-order chi connectivity index (χ1) is 28.3. The largest absolute Gasteiger partial charge is 0.309 e. The zero-order chi connectivity index (χ0) is 37.5. The van der Waals surface area contributed by atoms with Crippen LogP contribution in [0.4, 0.5) is 0 Å². The molecule has 0 spiro atoms. The maximum Gasteiger partial charge on any atom is 0.0541 e. The first-order valence-corrected chi connectivity index (χ1v) is 20.3. The predicted octanol–water partition coefficient (Wildman–Crippen LogP) is 15.2. The third-order valence-corrected chi connectivity index (χ3v) is 12.9. The number of fused-ring (bicyclic) bond motifs is 9. The SMILES string of the molecule is c1ccc(-c2ccc(-n3c4ccccc4c4cc(-c5ccc6c(c5)c5cc(-c7cccc8sc9ccccc9c78)ccc5n6-c5ccccc5)ccc43)cc2)cc1. The highest BCUT2D eigenvalue weighted by Crippen LogP contribution is 2.43. The summed E-state index contributed by atoms with van der Waals surface area (Å²) in [6.07, 6.45) is 0. The van der Waals surface area contributed by atoms with Crippen molar-refractivity contribution < 1.29 is 0 Å². The fourth-order valence-electron chi connectivity index (χ4n) is 9.11. The Morgan fingerprint density at radius 1 is 0.281 bits per heavy atom. The average Bonchev–Trinajstić information content (AvgIpc) is 3.94. The van der Waals surface area contributed by atoms with Crippen molar-refractivity contribution in [1.82, 2.24) is 9.13 Å². The second kappa shape index (κ2) is 12.7. The Morgan fingerprint density at radius 3 is 1.46 bits per heavy atom. The van der Waals surface area contributed by atoms with Gasteiger partial charge in [0.2, 0.25) is 0 Å². The van der Waals surface area contributed by atoms with Crippen molar-refractivity contribution in [1.29, 1.82) is 0 Å². The molecule has 3 aromatic heterocycles. The number of para-hydroxylation sites is 2. The lowest BCUT2D eigenvalue weighted by atomic mass is 9.97. The molecule has 0 bridgehead atoms. The molecule has 0 saturated heterocycles. The van der Waals surface area contributed by atoms with Gasteiger partial charge in [0.15, 0.2) is 0 Å². The molecule has 0 amide bonds. The van der Waals surface area contributed by atoms with Gasteiger partial charge in [-0.1, -0.05) is 127 Å². The minimum Gasteiger partial charge on any atom is -0.309 e. The number of hydrogen-bond acceptors (Lipinski definition) is 1. The maximum atomic E-state index is 2.42. The molecule has 0 saturated carbocycles. The number of aromatic nitrogens is 2. The highest BCUT2D eigenvalue weighted by Gasteiger charge is 2.18. The Kier molecular flexibility index (Phi) is 7.13. The van der Waals surface area contributed by atoms with E-state index >= 15 is 0 Å². The van der Waals surface area contributed by atoms with E-state index < -0.39 is 0 Å². The molecule has 2 nitrogen and oxygen atoms in total. The predicted molar refractivity (Wildman–Crippen MR) is 244 cm³/mol. The molecule has 0 aliphatic carbocycles. The summed E-state index contributed by atoms with van der Waals surface area (Å²) in [4.78, 5) is 0. The summed E-state index contributed by atoms with van der Waals surface area (Å²) in [5.74, 6) is 0. The zero-order valence-electron chi connectivity index (χ0n) is 30.9. The van der Waals surface area contributed by atoms with Crippen LogP contribution in [-0.4, -0.2) is 9.13 Å². The Hall–Kier alpha value is -7.20. The van der Waals surface area contributed by atoms with Crippen molar-refractivity contribution in [2.75, 3.05) is 0 Å². The van der Waals surface area contributed by atoms with Gasteiger partial charge in [0, 0.05) is 53.1 Å². The smallest absolute Gasteiger partial charge is 0.0541 e. The summed E-state index contributed by atoms with van der Waals surface area (Å²) < 4.78 is 7.47. The Balaban J connectivity index is 1.04. The van der Waals surface area contributed by atoms with Gasteiger partial charge in [0.1, 0.15) is 0 Å². The van der Waals surface area contributed by atoms with Crippen molar-refractivity contribution in [2.24, 2.45) is 0 Å². The summed E-state index contributed by atoms with van der Waals surface area (Å²) in [7, 11) is 0. The van der Waals surface area contributed by atoms with Crippen LogP contribution in [0.25, 0.3) is 109 Å². The topological polar surface area (TPSA) is 9.86 Å². The van der Waals surface area contributed by atoms with E-state index in [1.165, 1.54) is 97.2 Å². The maximum absolute atomic E-state index is 2.42. The van der Waals surface area contributed by atoms with Crippen molar-refractivity contribution in [3.05, 3.63) is 206 Å². The van der Waals surface area contributed by atoms with Crippen molar-refractivity contribution in [3.8, 4) is 44.8 Å². The van der Waals surface area contributed by atoms with Crippen molar-refractivity contribution in [3.63, 3.8) is 0 Å². The normalized spacial score (nSPS) is 11.9. The molecule has 0 atom stereocenters. The molecule has 0 unspecified atom stereocenters. The van der Waals surface area contributed by atoms with Gasteiger partial charge < -0.3 is 9.13 Å². The Labute approximate surface area is 333 Å². The first kappa shape index (κ1) is 32.1. The van der Waals surface area contributed by atoms with Gasteiger partial charge in [-0.2, -0.15) is 0 Å². The minimum absolute atomic E-state index is 1.16. The lowest BCUT2D eigenvalue weighted by Crippen LogP contribution is -1.94. The fraction of sp³-hybridized carbons (Fsp3) is 0. The quantitative estimate of drug-likeness (QED) is 0.166. The molecule has 0 fully saturated rings. The van der Waals surface area contributed by atoms with E-state index in [0.717, 1.165) is 11.4 Å². The molecule has 57 heavy (non-hydrogen) atoms. The van der Waals surface area contributed by atoms with Crippen LogP contribution in [0.15, 0.2) is 206 Å². The molecular formula is C54H34N2S. The number of thiophene rings is 1. The van der Waals surface area contributed by atoms with Gasteiger partial charge in [0.05, 0.1) is 22.1 Å². The summed E-state index contributed by atoms with van der Waals surface area (Å²) in [5.41, 5.74) is 14.5. The number of nitrogens with zero attached hydrogens (tertiary/aromatic N) is 2. The van der Waals surface area contributed by atoms with E-state index in [4.69, 9.17) is 0 Å².